The fourth-order valence-electron chi connectivity index (χ4n) is 0.286. The van der Waals surface area contributed by atoms with Crippen molar-refractivity contribution in [2.24, 2.45) is 0 Å². The molecule has 0 aromatic carbocycles. The Morgan fingerprint density at radius 3 is 2.50 bits per heavy atom. The zero-order valence-corrected chi connectivity index (χ0v) is 4.79. The van der Waals surface area contributed by atoms with E-state index >= 15 is 0 Å². The lowest BCUT2D eigenvalue weighted by Crippen LogP contribution is -2.22. The second-order valence-electron chi connectivity index (χ2n) is 1.46. The summed E-state index contributed by atoms with van der Waals surface area (Å²) in [6, 6.07) is 0. The number of carboxylic acids is 1. The summed E-state index contributed by atoms with van der Waals surface area (Å²) in [5, 5.41) is 8.09. The van der Waals surface area contributed by atoms with Gasteiger partial charge in [-0.15, -0.1) is 0 Å². The van der Waals surface area contributed by atoms with Crippen LogP contribution in [0.25, 0.3) is 0 Å². The van der Waals surface area contributed by atoms with Crippen LogP contribution in [0.3, 0.4) is 0 Å². The summed E-state index contributed by atoms with van der Waals surface area (Å²) in [7, 11) is 5.13. The van der Waals surface area contributed by atoms with Crippen molar-refractivity contribution in [1.29, 1.82) is 0 Å². The Morgan fingerprint density at radius 1 is 1.88 bits per heavy atom. The minimum absolute atomic E-state index is 0.0868. The van der Waals surface area contributed by atoms with E-state index in [4.69, 9.17) is 12.2 Å². The Balaban J connectivity index is 3.24. The first-order valence-electron chi connectivity index (χ1n) is 2.38. The third kappa shape index (κ3) is 3.61. The van der Waals surface area contributed by atoms with Crippen molar-refractivity contribution in [3.8, 4) is 0 Å². The molecule has 0 aliphatic heterocycles. The highest BCUT2D eigenvalue weighted by molar-refractivity contribution is 5.69. The van der Waals surface area contributed by atoms with Crippen LogP contribution < -0.4 is 0 Å². The SMILES string of the molecule is [CH]N(CC)CC(=O)O. The van der Waals surface area contributed by atoms with Crippen LogP contribution in [0, 0.1) is 7.05 Å². The van der Waals surface area contributed by atoms with Crippen LogP contribution in [-0.2, 0) is 4.79 Å². The second-order valence-corrected chi connectivity index (χ2v) is 1.46. The Morgan fingerprint density at radius 2 is 2.38 bits per heavy atom. The maximum absolute atomic E-state index is 9.85. The fourth-order valence-corrected chi connectivity index (χ4v) is 0.286. The van der Waals surface area contributed by atoms with Crippen molar-refractivity contribution in [3.05, 3.63) is 7.05 Å². The molecule has 0 saturated heterocycles. The topological polar surface area (TPSA) is 40.5 Å². The molecule has 0 aromatic heterocycles. The lowest BCUT2D eigenvalue weighted by atomic mass is 10.5. The largest absolute Gasteiger partial charge is 0.480 e. The summed E-state index contributed by atoms with van der Waals surface area (Å²) in [5.74, 6) is -0.894. The van der Waals surface area contributed by atoms with Gasteiger partial charge in [-0.25, -0.2) is 0 Å². The summed E-state index contributed by atoms with van der Waals surface area (Å²) < 4.78 is 0. The van der Waals surface area contributed by atoms with Crippen LogP contribution in [0.4, 0.5) is 0 Å². The number of likely N-dealkylation sites (N-methyl/N-ethyl adjacent to an activating group) is 1. The van der Waals surface area contributed by atoms with Crippen molar-refractivity contribution in [1.82, 2.24) is 4.90 Å². The van der Waals surface area contributed by atoms with E-state index in [-0.39, 0.29) is 6.54 Å². The van der Waals surface area contributed by atoms with Crippen molar-refractivity contribution in [3.63, 3.8) is 0 Å². The van der Waals surface area contributed by atoms with Crippen LogP contribution in [-0.4, -0.2) is 29.1 Å². The number of aliphatic carboxylic acids is 1. The molecular weight excluding hydrogens is 106 g/mol. The number of nitrogens with zero attached hydrogens (tertiary/aromatic N) is 1. The summed E-state index contributed by atoms with van der Waals surface area (Å²) in [6.45, 7) is 2.27. The molecule has 1 N–H and O–H groups in total. The molecule has 8 heavy (non-hydrogen) atoms. The lowest BCUT2D eigenvalue weighted by Gasteiger charge is -2.07. The molecular formula is C5H9NO2. The van der Waals surface area contributed by atoms with E-state index in [1.165, 1.54) is 4.90 Å². The van der Waals surface area contributed by atoms with Crippen LogP contribution in [0.1, 0.15) is 6.92 Å². The Labute approximate surface area is 48.9 Å². The minimum Gasteiger partial charge on any atom is -0.480 e. The lowest BCUT2D eigenvalue weighted by molar-refractivity contribution is -0.137. The maximum Gasteiger partial charge on any atom is 0.317 e. The number of carboxylic acid groups (broad SMARTS) is 1. The molecule has 0 amide bonds. The van der Waals surface area contributed by atoms with Gasteiger partial charge in [-0.2, -0.15) is 0 Å². The summed E-state index contributed by atoms with van der Waals surface area (Å²) in [6.07, 6.45) is 0. The quantitative estimate of drug-likeness (QED) is 0.529. The third-order valence-electron chi connectivity index (χ3n) is 0.745. The standard InChI is InChI=1S/C5H9NO2/c1-3-6(2)4-5(7)8/h2H,3-4H2,1H3,(H,7,8). The second kappa shape index (κ2) is 3.43. The highest BCUT2D eigenvalue weighted by Gasteiger charge is 1.99. The Kier molecular flexibility index (Phi) is 3.19. The van der Waals surface area contributed by atoms with Crippen LogP contribution in [0.15, 0.2) is 0 Å². The minimum atomic E-state index is -0.894. The normalized spacial score (nSPS) is 9.88. The zero-order valence-electron chi connectivity index (χ0n) is 4.79. The molecule has 0 aliphatic rings. The predicted molar refractivity (Wildman–Crippen MR) is 29.2 cm³/mol. The molecule has 0 aromatic rings. The summed E-state index contributed by atoms with van der Waals surface area (Å²) in [4.78, 5) is 11.1. The van der Waals surface area contributed by atoms with Gasteiger partial charge in [-0.3, -0.25) is 9.69 Å². The van der Waals surface area contributed by atoms with Crippen molar-refractivity contribution < 1.29 is 9.90 Å². The number of carbonyl (C=O) groups is 1. The molecule has 2 radical (unpaired) electrons. The van der Waals surface area contributed by atoms with E-state index in [2.05, 4.69) is 0 Å². The molecule has 0 aliphatic carbocycles. The Bertz CT molecular complexity index is 82.5. The first-order chi connectivity index (χ1) is 3.66. The molecule has 0 rings (SSSR count). The monoisotopic (exact) mass is 115 g/mol. The molecule has 0 saturated carbocycles. The van der Waals surface area contributed by atoms with Crippen molar-refractivity contribution >= 4 is 5.97 Å². The predicted octanol–water partition coefficient (Wildman–Crippen LogP) is 0.0615. The van der Waals surface area contributed by atoms with E-state index in [9.17, 15) is 4.79 Å². The maximum atomic E-state index is 9.85. The third-order valence-corrected chi connectivity index (χ3v) is 0.745. The van der Waals surface area contributed by atoms with Gasteiger partial charge in [0.15, 0.2) is 0 Å². The van der Waals surface area contributed by atoms with Gasteiger partial charge in [-0.1, -0.05) is 6.92 Å². The molecule has 46 valence electrons. The number of hydrogen-bond donors (Lipinski definition) is 1. The zero-order chi connectivity index (χ0) is 6.57. The highest BCUT2D eigenvalue weighted by atomic mass is 16.4. The van der Waals surface area contributed by atoms with Gasteiger partial charge in [0, 0.05) is 7.05 Å². The molecule has 0 atom stereocenters. The van der Waals surface area contributed by atoms with Crippen LogP contribution in [0.5, 0.6) is 0 Å². The molecule has 0 spiro atoms. The van der Waals surface area contributed by atoms with E-state index in [1.54, 1.807) is 6.92 Å². The average molecular weight is 115 g/mol. The smallest absolute Gasteiger partial charge is 0.317 e. The fraction of sp³-hybridized carbons (Fsp3) is 0.600. The van der Waals surface area contributed by atoms with Gasteiger partial charge >= 0.3 is 5.97 Å². The molecule has 3 heteroatoms. The van der Waals surface area contributed by atoms with Crippen molar-refractivity contribution in [2.75, 3.05) is 13.1 Å². The number of hydrogen-bond acceptors (Lipinski definition) is 2. The average Bonchev–Trinajstić information content (AvgIpc) is 1.65. The molecule has 0 heterocycles. The summed E-state index contributed by atoms with van der Waals surface area (Å²) >= 11 is 0. The van der Waals surface area contributed by atoms with Gasteiger partial charge in [0.2, 0.25) is 0 Å². The van der Waals surface area contributed by atoms with Gasteiger partial charge < -0.3 is 5.11 Å². The first-order valence-corrected chi connectivity index (χ1v) is 2.38. The van der Waals surface area contributed by atoms with Gasteiger partial charge in [0.05, 0.1) is 6.54 Å². The van der Waals surface area contributed by atoms with Crippen LogP contribution in [0.2, 0.25) is 0 Å². The highest BCUT2D eigenvalue weighted by Crippen LogP contribution is 1.79. The molecule has 0 bridgehead atoms. The van der Waals surface area contributed by atoms with Gasteiger partial charge in [0.25, 0.3) is 0 Å². The molecule has 3 nitrogen and oxygen atoms in total. The molecule has 0 unspecified atom stereocenters. The summed E-state index contributed by atoms with van der Waals surface area (Å²) in [5.41, 5.74) is 0. The van der Waals surface area contributed by atoms with E-state index in [0.717, 1.165) is 0 Å². The first kappa shape index (κ1) is 7.43. The number of rotatable bonds is 3. The van der Waals surface area contributed by atoms with E-state index in [0.29, 0.717) is 6.54 Å². The Hall–Kier alpha value is -0.570. The van der Waals surface area contributed by atoms with Gasteiger partial charge in [-0.05, 0) is 6.54 Å². The van der Waals surface area contributed by atoms with Gasteiger partial charge in [0.1, 0.15) is 0 Å². The van der Waals surface area contributed by atoms with E-state index < -0.39 is 5.97 Å². The molecule has 0 fully saturated rings. The van der Waals surface area contributed by atoms with Crippen molar-refractivity contribution in [2.45, 2.75) is 6.92 Å². The van der Waals surface area contributed by atoms with E-state index in [1.807, 2.05) is 0 Å². The van der Waals surface area contributed by atoms with Crippen LogP contribution >= 0.6 is 0 Å².